The van der Waals surface area contributed by atoms with Crippen LogP contribution < -0.4 is 10.1 Å². The fourth-order valence-corrected chi connectivity index (χ4v) is 1.23. The Morgan fingerprint density at radius 3 is 2.53 bits per heavy atom. The molecule has 1 aromatic rings. The molecule has 0 radical (unpaired) electrons. The zero-order chi connectivity index (χ0) is 11.1. The van der Waals surface area contributed by atoms with Crippen molar-refractivity contribution in [1.29, 1.82) is 0 Å². The molecule has 1 atom stereocenters. The van der Waals surface area contributed by atoms with Gasteiger partial charge < -0.3 is 15.2 Å². The van der Waals surface area contributed by atoms with Gasteiger partial charge in [0, 0.05) is 12.6 Å². The van der Waals surface area contributed by atoms with Crippen LogP contribution >= 0.6 is 0 Å². The molecule has 0 heterocycles. The fourth-order valence-electron chi connectivity index (χ4n) is 1.23. The largest absolute Gasteiger partial charge is 0.494 e. The summed E-state index contributed by atoms with van der Waals surface area (Å²) in [6.07, 6.45) is 0. The lowest BCUT2D eigenvalue weighted by atomic mass is 10.2. The lowest BCUT2D eigenvalue weighted by molar-refractivity contribution is 0.251. The topological polar surface area (TPSA) is 41.5 Å². The standard InChI is InChI=1S/C12H19NO2/c1-3-15-12-6-4-11(5-7-12)8-13-10(2)9-14/h4-7,10,13-14H,3,8-9H2,1-2H3/t10-/m1/s1. The molecule has 1 rings (SSSR count). The highest BCUT2D eigenvalue weighted by molar-refractivity contribution is 5.27. The van der Waals surface area contributed by atoms with Gasteiger partial charge in [0.2, 0.25) is 0 Å². The van der Waals surface area contributed by atoms with Crippen LogP contribution in [0.3, 0.4) is 0 Å². The second-order valence-corrected chi connectivity index (χ2v) is 3.54. The second kappa shape index (κ2) is 6.43. The molecule has 0 fully saturated rings. The van der Waals surface area contributed by atoms with Crippen molar-refractivity contribution >= 4 is 0 Å². The molecule has 0 unspecified atom stereocenters. The highest BCUT2D eigenvalue weighted by Gasteiger charge is 1.99. The summed E-state index contributed by atoms with van der Waals surface area (Å²) in [5.74, 6) is 0.899. The summed E-state index contributed by atoms with van der Waals surface area (Å²) in [6, 6.07) is 8.12. The Hall–Kier alpha value is -1.06. The number of hydrogen-bond donors (Lipinski definition) is 2. The molecule has 0 aromatic heterocycles. The van der Waals surface area contributed by atoms with Crippen LogP contribution in [-0.2, 0) is 6.54 Å². The molecular formula is C12H19NO2. The summed E-state index contributed by atoms with van der Waals surface area (Å²) in [5, 5.41) is 12.1. The molecule has 0 aliphatic carbocycles. The van der Waals surface area contributed by atoms with E-state index in [1.165, 1.54) is 5.56 Å². The van der Waals surface area contributed by atoms with Crippen molar-refractivity contribution in [1.82, 2.24) is 5.32 Å². The van der Waals surface area contributed by atoms with Crippen LogP contribution in [0.2, 0.25) is 0 Å². The van der Waals surface area contributed by atoms with Gasteiger partial charge in [-0.05, 0) is 31.5 Å². The normalized spacial score (nSPS) is 12.5. The molecule has 1 aromatic carbocycles. The smallest absolute Gasteiger partial charge is 0.119 e. The van der Waals surface area contributed by atoms with Crippen LogP contribution in [0.4, 0.5) is 0 Å². The Labute approximate surface area is 91.1 Å². The Bertz CT molecular complexity index is 271. The minimum atomic E-state index is 0.136. The van der Waals surface area contributed by atoms with Gasteiger partial charge in [-0.15, -0.1) is 0 Å². The van der Waals surface area contributed by atoms with E-state index in [0.29, 0.717) is 6.61 Å². The van der Waals surface area contributed by atoms with Gasteiger partial charge in [-0.2, -0.15) is 0 Å². The van der Waals surface area contributed by atoms with Crippen molar-refractivity contribution in [2.45, 2.75) is 26.4 Å². The third-order valence-corrected chi connectivity index (χ3v) is 2.16. The Morgan fingerprint density at radius 1 is 1.33 bits per heavy atom. The molecular weight excluding hydrogens is 190 g/mol. The molecule has 15 heavy (non-hydrogen) atoms. The summed E-state index contributed by atoms with van der Waals surface area (Å²) in [6.45, 7) is 5.55. The van der Waals surface area contributed by atoms with Crippen LogP contribution in [0.25, 0.3) is 0 Å². The van der Waals surface area contributed by atoms with Gasteiger partial charge in [0.1, 0.15) is 5.75 Å². The monoisotopic (exact) mass is 209 g/mol. The van der Waals surface area contributed by atoms with E-state index >= 15 is 0 Å². The van der Waals surface area contributed by atoms with Crippen LogP contribution in [-0.4, -0.2) is 24.4 Å². The Kier molecular flexibility index (Phi) is 5.15. The molecule has 0 saturated carbocycles. The minimum absolute atomic E-state index is 0.136. The molecule has 0 bridgehead atoms. The van der Waals surface area contributed by atoms with Gasteiger partial charge in [0.05, 0.1) is 13.2 Å². The van der Waals surface area contributed by atoms with Crippen molar-refractivity contribution in [3.63, 3.8) is 0 Å². The van der Waals surface area contributed by atoms with Gasteiger partial charge in [-0.1, -0.05) is 12.1 Å². The highest BCUT2D eigenvalue weighted by atomic mass is 16.5. The summed E-state index contributed by atoms with van der Waals surface area (Å²) < 4.78 is 5.35. The lowest BCUT2D eigenvalue weighted by Gasteiger charge is -2.10. The molecule has 0 spiro atoms. The zero-order valence-corrected chi connectivity index (χ0v) is 9.36. The van der Waals surface area contributed by atoms with Crippen molar-refractivity contribution < 1.29 is 9.84 Å². The average Bonchev–Trinajstić information content (AvgIpc) is 2.28. The van der Waals surface area contributed by atoms with Gasteiger partial charge in [0.15, 0.2) is 0 Å². The van der Waals surface area contributed by atoms with E-state index in [2.05, 4.69) is 5.32 Å². The first-order chi connectivity index (χ1) is 7.26. The fraction of sp³-hybridized carbons (Fsp3) is 0.500. The summed E-state index contributed by atoms with van der Waals surface area (Å²) in [5.41, 5.74) is 1.19. The lowest BCUT2D eigenvalue weighted by Crippen LogP contribution is -2.28. The van der Waals surface area contributed by atoms with Crippen LogP contribution in [0.15, 0.2) is 24.3 Å². The summed E-state index contributed by atoms with van der Waals surface area (Å²) in [7, 11) is 0. The van der Waals surface area contributed by atoms with E-state index in [1.54, 1.807) is 0 Å². The summed E-state index contributed by atoms with van der Waals surface area (Å²) in [4.78, 5) is 0. The van der Waals surface area contributed by atoms with E-state index in [0.717, 1.165) is 12.3 Å². The molecule has 84 valence electrons. The maximum absolute atomic E-state index is 8.84. The number of ether oxygens (including phenoxy) is 1. The van der Waals surface area contributed by atoms with Crippen LogP contribution in [0.5, 0.6) is 5.75 Å². The van der Waals surface area contributed by atoms with E-state index in [4.69, 9.17) is 9.84 Å². The van der Waals surface area contributed by atoms with Gasteiger partial charge in [-0.3, -0.25) is 0 Å². The highest BCUT2D eigenvalue weighted by Crippen LogP contribution is 2.11. The maximum atomic E-state index is 8.84. The molecule has 2 N–H and O–H groups in total. The van der Waals surface area contributed by atoms with Gasteiger partial charge in [-0.25, -0.2) is 0 Å². The number of rotatable bonds is 6. The molecule has 3 nitrogen and oxygen atoms in total. The average molecular weight is 209 g/mol. The third-order valence-electron chi connectivity index (χ3n) is 2.16. The number of nitrogens with one attached hydrogen (secondary N) is 1. The minimum Gasteiger partial charge on any atom is -0.494 e. The zero-order valence-electron chi connectivity index (χ0n) is 9.36. The van der Waals surface area contributed by atoms with Crippen molar-refractivity contribution in [2.75, 3.05) is 13.2 Å². The van der Waals surface area contributed by atoms with Crippen molar-refractivity contribution in [3.8, 4) is 5.75 Å². The summed E-state index contributed by atoms with van der Waals surface area (Å²) >= 11 is 0. The Balaban J connectivity index is 2.42. The van der Waals surface area contributed by atoms with E-state index in [-0.39, 0.29) is 12.6 Å². The molecule has 0 amide bonds. The van der Waals surface area contributed by atoms with Gasteiger partial charge >= 0.3 is 0 Å². The van der Waals surface area contributed by atoms with Crippen LogP contribution in [0.1, 0.15) is 19.4 Å². The first-order valence-electron chi connectivity index (χ1n) is 5.32. The first kappa shape index (κ1) is 12.0. The number of aliphatic hydroxyl groups is 1. The Morgan fingerprint density at radius 2 is 2.00 bits per heavy atom. The maximum Gasteiger partial charge on any atom is 0.119 e. The number of benzene rings is 1. The van der Waals surface area contributed by atoms with Crippen molar-refractivity contribution in [2.24, 2.45) is 0 Å². The van der Waals surface area contributed by atoms with Gasteiger partial charge in [0.25, 0.3) is 0 Å². The number of aliphatic hydroxyl groups excluding tert-OH is 1. The SMILES string of the molecule is CCOc1ccc(CN[C@H](C)CO)cc1. The molecule has 0 saturated heterocycles. The second-order valence-electron chi connectivity index (χ2n) is 3.54. The number of hydrogen-bond acceptors (Lipinski definition) is 3. The predicted molar refractivity (Wildman–Crippen MR) is 61.0 cm³/mol. The van der Waals surface area contributed by atoms with Crippen LogP contribution in [0, 0.1) is 0 Å². The van der Waals surface area contributed by atoms with E-state index in [1.807, 2.05) is 38.1 Å². The quantitative estimate of drug-likeness (QED) is 0.747. The van der Waals surface area contributed by atoms with E-state index in [9.17, 15) is 0 Å². The molecule has 0 aliphatic heterocycles. The molecule has 3 heteroatoms. The first-order valence-corrected chi connectivity index (χ1v) is 5.32. The van der Waals surface area contributed by atoms with Crippen molar-refractivity contribution in [3.05, 3.63) is 29.8 Å². The predicted octanol–water partition coefficient (Wildman–Crippen LogP) is 1.56. The van der Waals surface area contributed by atoms with E-state index < -0.39 is 0 Å². The molecule has 0 aliphatic rings. The third kappa shape index (κ3) is 4.32.